The summed E-state index contributed by atoms with van der Waals surface area (Å²) in [7, 11) is 0. The zero-order valence-corrected chi connectivity index (χ0v) is 14.1. The second-order valence-corrected chi connectivity index (χ2v) is 6.76. The molecule has 0 aliphatic carbocycles. The first-order valence-electron chi connectivity index (χ1n) is 7.05. The number of carbonyl (C=O) groups excluding carboxylic acids is 1. The van der Waals surface area contributed by atoms with Crippen LogP contribution in [-0.4, -0.2) is 26.5 Å². The summed E-state index contributed by atoms with van der Waals surface area (Å²) in [6.07, 6.45) is 0. The number of rotatable bonds is 3. The van der Waals surface area contributed by atoms with Gasteiger partial charge >= 0.3 is 0 Å². The van der Waals surface area contributed by atoms with Gasteiger partial charge < -0.3 is 16.4 Å². The molecule has 23 heavy (non-hydrogen) atoms. The zero-order chi connectivity index (χ0) is 16.6. The van der Waals surface area contributed by atoms with Gasteiger partial charge in [0.1, 0.15) is 5.82 Å². The number of hydrogen-bond acceptors (Lipinski definition) is 6. The van der Waals surface area contributed by atoms with E-state index in [1.54, 1.807) is 4.90 Å². The molecule has 1 aromatic carbocycles. The van der Waals surface area contributed by atoms with Gasteiger partial charge in [-0.15, -0.1) is 11.8 Å². The number of nitrogens with two attached hydrogens (primary N) is 2. The standard InChI is InChI=1S/C15H16ClN5OS/c1-8-13-11(14(17)20-15(18)19-13)6-21(8)12(22)7-23-10-4-2-9(16)3-5-10/h2-5,8H,6-7H2,1H3,(H4,17,18,19,20). The van der Waals surface area contributed by atoms with E-state index in [-0.39, 0.29) is 17.9 Å². The van der Waals surface area contributed by atoms with Gasteiger partial charge in [0.05, 0.1) is 24.0 Å². The lowest BCUT2D eigenvalue weighted by atomic mass is 10.2. The third kappa shape index (κ3) is 3.20. The predicted molar refractivity (Wildman–Crippen MR) is 92.0 cm³/mol. The Hall–Kier alpha value is -1.99. The van der Waals surface area contributed by atoms with Crippen LogP contribution in [0.25, 0.3) is 0 Å². The van der Waals surface area contributed by atoms with Crippen molar-refractivity contribution in [3.63, 3.8) is 0 Å². The fourth-order valence-electron chi connectivity index (χ4n) is 2.56. The molecule has 120 valence electrons. The monoisotopic (exact) mass is 349 g/mol. The highest BCUT2D eigenvalue weighted by Gasteiger charge is 2.33. The maximum Gasteiger partial charge on any atom is 0.233 e. The van der Waals surface area contributed by atoms with Crippen molar-refractivity contribution in [2.75, 3.05) is 17.2 Å². The summed E-state index contributed by atoms with van der Waals surface area (Å²) >= 11 is 7.33. The number of anilines is 2. The molecule has 0 bridgehead atoms. The number of halogens is 1. The van der Waals surface area contributed by atoms with E-state index < -0.39 is 0 Å². The van der Waals surface area contributed by atoms with E-state index in [9.17, 15) is 4.79 Å². The fourth-order valence-corrected chi connectivity index (χ4v) is 3.47. The maximum absolute atomic E-state index is 12.5. The van der Waals surface area contributed by atoms with Crippen LogP contribution in [0.15, 0.2) is 29.2 Å². The van der Waals surface area contributed by atoms with E-state index in [1.807, 2.05) is 31.2 Å². The number of amides is 1. The SMILES string of the molecule is CC1c2nc(N)nc(N)c2CN1C(=O)CSc1ccc(Cl)cc1. The minimum Gasteiger partial charge on any atom is -0.383 e. The molecule has 8 heteroatoms. The van der Waals surface area contributed by atoms with Crippen molar-refractivity contribution in [3.8, 4) is 0 Å². The molecule has 1 unspecified atom stereocenters. The molecule has 0 saturated heterocycles. The van der Waals surface area contributed by atoms with Gasteiger partial charge in [0, 0.05) is 15.5 Å². The molecule has 0 spiro atoms. The number of aromatic nitrogens is 2. The topological polar surface area (TPSA) is 98.1 Å². The van der Waals surface area contributed by atoms with Crippen LogP contribution in [0, 0.1) is 0 Å². The smallest absolute Gasteiger partial charge is 0.233 e. The van der Waals surface area contributed by atoms with Gasteiger partial charge in [0.25, 0.3) is 0 Å². The van der Waals surface area contributed by atoms with Crippen molar-refractivity contribution in [2.45, 2.75) is 24.4 Å². The number of nitrogen functional groups attached to an aromatic ring is 2. The second-order valence-electron chi connectivity index (χ2n) is 5.27. The van der Waals surface area contributed by atoms with Crippen molar-refractivity contribution in [2.24, 2.45) is 0 Å². The molecule has 0 radical (unpaired) electrons. The second kappa shape index (κ2) is 6.25. The van der Waals surface area contributed by atoms with Gasteiger partial charge in [-0.05, 0) is 31.2 Å². The van der Waals surface area contributed by atoms with Crippen molar-refractivity contribution in [3.05, 3.63) is 40.5 Å². The van der Waals surface area contributed by atoms with E-state index in [0.717, 1.165) is 16.2 Å². The van der Waals surface area contributed by atoms with Crippen LogP contribution in [0.5, 0.6) is 0 Å². The summed E-state index contributed by atoms with van der Waals surface area (Å²) in [5, 5.41) is 0.677. The van der Waals surface area contributed by atoms with Crippen LogP contribution in [-0.2, 0) is 11.3 Å². The van der Waals surface area contributed by atoms with E-state index in [2.05, 4.69) is 9.97 Å². The Bertz CT molecular complexity index is 752. The number of fused-ring (bicyclic) bond motifs is 1. The van der Waals surface area contributed by atoms with Crippen LogP contribution in [0.3, 0.4) is 0 Å². The summed E-state index contributed by atoms with van der Waals surface area (Å²) in [6, 6.07) is 7.25. The fraction of sp³-hybridized carbons (Fsp3) is 0.267. The Morgan fingerprint density at radius 3 is 2.74 bits per heavy atom. The molecule has 2 aromatic rings. The molecule has 1 aliphatic rings. The number of nitrogens with zero attached hydrogens (tertiary/aromatic N) is 3. The van der Waals surface area contributed by atoms with Crippen molar-refractivity contribution < 1.29 is 4.79 Å². The first-order valence-corrected chi connectivity index (χ1v) is 8.41. The van der Waals surface area contributed by atoms with Crippen LogP contribution in [0.1, 0.15) is 24.2 Å². The Morgan fingerprint density at radius 2 is 2.04 bits per heavy atom. The minimum absolute atomic E-state index is 0.0217. The van der Waals surface area contributed by atoms with Crippen LogP contribution in [0.4, 0.5) is 11.8 Å². The summed E-state index contributed by atoms with van der Waals surface area (Å²) < 4.78 is 0. The van der Waals surface area contributed by atoms with Gasteiger partial charge in [-0.2, -0.15) is 4.98 Å². The first-order chi connectivity index (χ1) is 11.0. The Balaban J connectivity index is 1.69. The number of thioether (sulfide) groups is 1. The van der Waals surface area contributed by atoms with E-state index >= 15 is 0 Å². The van der Waals surface area contributed by atoms with E-state index in [0.29, 0.717) is 23.1 Å². The van der Waals surface area contributed by atoms with Crippen LogP contribution < -0.4 is 11.5 Å². The average molecular weight is 350 g/mol. The summed E-state index contributed by atoms with van der Waals surface area (Å²) in [6.45, 7) is 2.34. The van der Waals surface area contributed by atoms with Crippen molar-refractivity contribution in [1.29, 1.82) is 0 Å². The Kier molecular flexibility index (Phi) is 4.32. The molecule has 1 amide bonds. The van der Waals surface area contributed by atoms with E-state index in [1.165, 1.54) is 11.8 Å². The number of hydrogen-bond donors (Lipinski definition) is 2. The minimum atomic E-state index is -0.157. The van der Waals surface area contributed by atoms with Crippen molar-refractivity contribution in [1.82, 2.24) is 14.9 Å². The van der Waals surface area contributed by atoms with Crippen LogP contribution in [0.2, 0.25) is 5.02 Å². The van der Waals surface area contributed by atoms with Gasteiger partial charge in [0.15, 0.2) is 0 Å². The van der Waals surface area contributed by atoms with Gasteiger partial charge in [-0.3, -0.25) is 4.79 Å². The zero-order valence-electron chi connectivity index (χ0n) is 12.5. The molecule has 0 saturated carbocycles. The lowest BCUT2D eigenvalue weighted by Crippen LogP contribution is -2.29. The van der Waals surface area contributed by atoms with Gasteiger partial charge in [-0.25, -0.2) is 4.98 Å². The predicted octanol–water partition coefficient (Wildman–Crippen LogP) is 2.49. The molecular weight excluding hydrogens is 334 g/mol. The summed E-state index contributed by atoms with van der Waals surface area (Å²) in [5.74, 6) is 0.842. The highest BCUT2D eigenvalue weighted by molar-refractivity contribution is 8.00. The third-order valence-corrected chi connectivity index (χ3v) is 5.03. The molecule has 3 rings (SSSR count). The molecule has 6 nitrogen and oxygen atoms in total. The lowest BCUT2D eigenvalue weighted by molar-refractivity contribution is -0.130. The lowest BCUT2D eigenvalue weighted by Gasteiger charge is -2.21. The van der Waals surface area contributed by atoms with Gasteiger partial charge in [-0.1, -0.05) is 11.6 Å². The number of benzene rings is 1. The molecule has 2 heterocycles. The molecule has 4 N–H and O–H groups in total. The third-order valence-electron chi connectivity index (χ3n) is 3.78. The molecule has 0 fully saturated rings. The average Bonchev–Trinajstić information content (AvgIpc) is 2.84. The largest absolute Gasteiger partial charge is 0.383 e. The Labute approximate surface area is 143 Å². The first kappa shape index (κ1) is 15.9. The highest BCUT2D eigenvalue weighted by atomic mass is 35.5. The quantitative estimate of drug-likeness (QED) is 0.826. The van der Waals surface area contributed by atoms with E-state index in [4.69, 9.17) is 23.1 Å². The number of carbonyl (C=O) groups is 1. The maximum atomic E-state index is 12.5. The highest BCUT2D eigenvalue weighted by Crippen LogP contribution is 2.35. The normalized spacial score (nSPS) is 16.4. The molecule has 1 aromatic heterocycles. The summed E-state index contributed by atoms with van der Waals surface area (Å²) in [4.78, 5) is 23.5. The molecular formula is C15H16ClN5OS. The van der Waals surface area contributed by atoms with Crippen LogP contribution >= 0.6 is 23.4 Å². The van der Waals surface area contributed by atoms with Gasteiger partial charge in [0.2, 0.25) is 11.9 Å². The molecule has 1 atom stereocenters. The summed E-state index contributed by atoms with van der Waals surface area (Å²) in [5.41, 5.74) is 13.1. The molecule has 1 aliphatic heterocycles. The van der Waals surface area contributed by atoms with Crippen molar-refractivity contribution >= 4 is 41.0 Å². The Morgan fingerprint density at radius 1 is 1.35 bits per heavy atom.